The fourth-order valence-corrected chi connectivity index (χ4v) is 10.3. The highest BCUT2D eigenvalue weighted by molar-refractivity contribution is 6.13. The van der Waals surface area contributed by atoms with Gasteiger partial charge in [0.1, 0.15) is 0 Å². The van der Waals surface area contributed by atoms with Gasteiger partial charge in [-0.15, -0.1) is 0 Å². The molecular weight excluding hydrogens is 607 g/mol. The van der Waals surface area contributed by atoms with E-state index in [-0.39, 0.29) is 16.9 Å². The van der Waals surface area contributed by atoms with Gasteiger partial charge in [-0.2, -0.15) is 0 Å². The van der Waals surface area contributed by atoms with Crippen molar-refractivity contribution in [2.75, 3.05) is 0 Å². The smallest absolute Gasteiger partial charge is 0.0710 e. The molecule has 1 aromatic heterocycles. The van der Waals surface area contributed by atoms with Crippen LogP contribution in [-0.2, 0) is 10.8 Å². The lowest BCUT2D eigenvalue weighted by Crippen LogP contribution is -2.45. The maximum Gasteiger partial charge on any atom is 0.0710 e. The van der Waals surface area contributed by atoms with Crippen molar-refractivity contribution in [3.05, 3.63) is 190 Å². The number of fused-ring (bicyclic) bond motifs is 9. The SMILES string of the molecule is CC1(C)C2=C(CCC=C2c2cccc(C(NN)c3ccccc3)c2)C2(C3=C(CCC=C3)n3c4ccccc4c4cccc2c43)c2ccccc21. The minimum Gasteiger partial charge on any atom is -0.312 e. The quantitative estimate of drug-likeness (QED) is 0.148. The fraction of sp³-hybridized carbons (Fsp3) is 0.191. The number of para-hydroxylation sites is 2. The molecule has 2 atom stereocenters. The number of rotatable bonds is 4. The molecule has 10 rings (SSSR count). The molecule has 0 fully saturated rings. The molecule has 3 aliphatic carbocycles. The molecule has 3 nitrogen and oxygen atoms in total. The molecule has 6 aromatic rings. The molecule has 3 heteroatoms. The zero-order valence-corrected chi connectivity index (χ0v) is 28.7. The first kappa shape index (κ1) is 29.7. The van der Waals surface area contributed by atoms with E-state index in [0.29, 0.717) is 0 Å². The molecule has 244 valence electrons. The molecule has 2 heterocycles. The average molecular weight is 648 g/mol. The highest BCUT2D eigenvalue weighted by Gasteiger charge is 2.55. The molecule has 0 saturated heterocycles. The Morgan fingerprint density at radius 2 is 1.42 bits per heavy atom. The Labute approximate surface area is 294 Å². The summed E-state index contributed by atoms with van der Waals surface area (Å²) < 4.78 is 2.62. The molecule has 5 aromatic carbocycles. The molecule has 1 spiro atoms. The van der Waals surface area contributed by atoms with Crippen LogP contribution >= 0.6 is 0 Å². The number of nitrogens with zero attached hydrogens (tertiary/aromatic N) is 1. The number of hydrogen-bond donors (Lipinski definition) is 2. The van der Waals surface area contributed by atoms with Crippen LogP contribution in [0.5, 0.6) is 0 Å². The lowest BCUT2D eigenvalue weighted by Gasteiger charge is -2.53. The van der Waals surface area contributed by atoms with Gasteiger partial charge in [0.15, 0.2) is 0 Å². The van der Waals surface area contributed by atoms with Crippen LogP contribution in [0.4, 0.5) is 0 Å². The van der Waals surface area contributed by atoms with Crippen molar-refractivity contribution in [1.82, 2.24) is 9.99 Å². The summed E-state index contributed by atoms with van der Waals surface area (Å²) in [5, 5.41) is 2.69. The number of aromatic nitrogens is 1. The Hall–Kier alpha value is -5.22. The van der Waals surface area contributed by atoms with E-state index >= 15 is 0 Å². The van der Waals surface area contributed by atoms with E-state index in [4.69, 9.17) is 5.84 Å². The van der Waals surface area contributed by atoms with E-state index in [1.54, 1.807) is 5.57 Å². The molecule has 0 saturated carbocycles. The van der Waals surface area contributed by atoms with Crippen LogP contribution in [-0.4, -0.2) is 4.57 Å². The summed E-state index contributed by atoms with van der Waals surface area (Å²) in [6, 6.07) is 45.0. The van der Waals surface area contributed by atoms with E-state index in [1.807, 2.05) is 0 Å². The second-order valence-electron chi connectivity index (χ2n) is 14.9. The van der Waals surface area contributed by atoms with Gasteiger partial charge in [-0.25, -0.2) is 5.43 Å². The normalized spacial score (nSPS) is 20.9. The van der Waals surface area contributed by atoms with Crippen molar-refractivity contribution in [2.24, 2.45) is 5.84 Å². The van der Waals surface area contributed by atoms with Crippen molar-refractivity contribution in [3.8, 4) is 0 Å². The fourth-order valence-electron chi connectivity index (χ4n) is 10.3. The molecule has 50 heavy (non-hydrogen) atoms. The first-order valence-corrected chi connectivity index (χ1v) is 18.1. The van der Waals surface area contributed by atoms with Crippen LogP contribution in [0.3, 0.4) is 0 Å². The largest absolute Gasteiger partial charge is 0.312 e. The summed E-state index contributed by atoms with van der Waals surface area (Å²) in [6.07, 6.45) is 11.5. The molecule has 3 N–H and O–H groups in total. The first-order valence-electron chi connectivity index (χ1n) is 18.1. The summed E-state index contributed by atoms with van der Waals surface area (Å²) in [5.41, 5.74) is 20.4. The molecule has 4 aliphatic rings. The van der Waals surface area contributed by atoms with Gasteiger partial charge in [-0.1, -0.05) is 141 Å². The third kappa shape index (κ3) is 3.82. The summed E-state index contributed by atoms with van der Waals surface area (Å²) in [6.45, 7) is 4.91. The van der Waals surface area contributed by atoms with Gasteiger partial charge in [0.2, 0.25) is 0 Å². The Balaban J connectivity index is 1.29. The molecular formula is C47H41N3. The number of hydrazine groups is 1. The second-order valence-corrected chi connectivity index (χ2v) is 14.9. The van der Waals surface area contributed by atoms with Crippen LogP contribution in [0.15, 0.2) is 156 Å². The van der Waals surface area contributed by atoms with Gasteiger partial charge in [0.05, 0.1) is 22.5 Å². The van der Waals surface area contributed by atoms with E-state index in [1.165, 1.54) is 72.0 Å². The van der Waals surface area contributed by atoms with Gasteiger partial charge in [-0.3, -0.25) is 5.84 Å². The standard InChI is InChI=1S/C47H41N3/c1-46(2)36-22-7-8-23-37(36)47(38-24-9-11-28-42(38)50-41-27-10-6-19-34(41)35-21-14-26-40(47)45(35)50)39-25-13-20-33(43(39)46)31-17-12-18-32(29-31)44(49-48)30-15-4-3-5-16-30/h3-10,12,14-24,26-27,29,44,49H,11,13,25,28,48H2,1-2H3. The molecule has 0 radical (unpaired) electrons. The van der Waals surface area contributed by atoms with Crippen LogP contribution in [0.25, 0.3) is 33.1 Å². The monoisotopic (exact) mass is 647 g/mol. The Bertz CT molecular complexity index is 2500. The zero-order valence-electron chi connectivity index (χ0n) is 28.7. The van der Waals surface area contributed by atoms with Crippen molar-refractivity contribution >= 4 is 33.1 Å². The third-order valence-electron chi connectivity index (χ3n) is 12.1. The summed E-state index contributed by atoms with van der Waals surface area (Å²) in [4.78, 5) is 0. The van der Waals surface area contributed by atoms with Gasteiger partial charge in [-0.05, 0) is 93.5 Å². The minimum absolute atomic E-state index is 0.0989. The number of allylic oxidation sites excluding steroid dienone is 8. The Morgan fingerprint density at radius 1 is 0.700 bits per heavy atom. The predicted octanol–water partition coefficient (Wildman–Crippen LogP) is 10.7. The predicted molar refractivity (Wildman–Crippen MR) is 208 cm³/mol. The van der Waals surface area contributed by atoms with E-state index < -0.39 is 0 Å². The molecule has 0 amide bonds. The highest BCUT2D eigenvalue weighted by Crippen LogP contribution is 2.64. The summed E-state index contributed by atoms with van der Waals surface area (Å²) in [5.74, 6) is 6.24. The Kier molecular flexibility index (Phi) is 6.46. The lowest BCUT2D eigenvalue weighted by atomic mass is 9.50. The maximum absolute atomic E-state index is 6.24. The number of benzene rings is 5. The third-order valence-corrected chi connectivity index (χ3v) is 12.1. The van der Waals surface area contributed by atoms with Crippen molar-refractivity contribution in [3.63, 3.8) is 0 Å². The molecule has 1 aliphatic heterocycles. The second kappa shape index (κ2) is 10.9. The zero-order chi connectivity index (χ0) is 33.6. The van der Waals surface area contributed by atoms with E-state index in [2.05, 4.69) is 163 Å². The van der Waals surface area contributed by atoms with Crippen molar-refractivity contribution in [1.29, 1.82) is 0 Å². The summed E-state index contributed by atoms with van der Waals surface area (Å²) in [7, 11) is 0. The van der Waals surface area contributed by atoms with Crippen molar-refractivity contribution in [2.45, 2.75) is 56.4 Å². The molecule has 2 unspecified atom stereocenters. The van der Waals surface area contributed by atoms with Gasteiger partial charge < -0.3 is 4.57 Å². The number of nitrogens with two attached hydrogens (primary N) is 1. The van der Waals surface area contributed by atoms with E-state index in [0.717, 1.165) is 31.2 Å². The minimum atomic E-state index is -0.389. The molecule has 0 bridgehead atoms. The lowest BCUT2D eigenvalue weighted by molar-refractivity contribution is 0.532. The van der Waals surface area contributed by atoms with Crippen LogP contribution in [0, 0.1) is 0 Å². The van der Waals surface area contributed by atoms with Crippen LogP contribution < -0.4 is 11.3 Å². The highest BCUT2D eigenvalue weighted by atomic mass is 15.2. The topological polar surface area (TPSA) is 43.0 Å². The average Bonchev–Trinajstić information content (AvgIpc) is 3.51. The van der Waals surface area contributed by atoms with Crippen molar-refractivity contribution < 1.29 is 0 Å². The Morgan fingerprint density at radius 3 is 2.28 bits per heavy atom. The summed E-state index contributed by atoms with van der Waals surface area (Å²) >= 11 is 0. The van der Waals surface area contributed by atoms with Crippen LogP contribution in [0.2, 0.25) is 0 Å². The number of hydrogen-bond acceptors (Lipinski definition) is 2. The van der Waals surface area contributed by atoms with Gasteiger partial charge in [0.25, 0.3) is 0 Å². The van der Waals surface area contributed by atoms with E-state index in [9.17, 15) is 0 Å². The maximum atomic E-state index is 6.24. The first-order chi connectivity index (χ1) is 24.5. The van der Waals surface area contributed by atoms with Crippen LogP contribution in [0.1, 0.15) is 79.0 Å². The number of nitrogens with one attached hydrogen (secondary N) is 1. The van der Waals surface area contributed by atoms with Gasteiger partial charge in [0, 0.05) is 21.9 Å². The van der Waals surface area contributed by atoms with Gasteiger partial charge >= 0.3 is 0 Å².